The molecule has 7 nitrogen and oxygen atoms in total. The predicted octanol–water partition coefficient (Wildman–Crippen LogP) is 2.85. The van der Waals surface area contributed by atoms with Crippen molar-refractivity contribution in [2.75, 3.05) is 13.7 Å². The summed E-state index contributed by atoms with van der Waals surface area (Å²) in [4.78, 5) is 8.66. The third-order valence-corrected chi connectivity index (χ3v) is 4.68. The molecule has 0 spiro atoms. The van der Waals surface area contributed by atoms with E-state index in [-0.39, 0.29) is 0 Å². The van der Waals surface area contributed by atoms with E-state index >= 15 is 0 Å². The Morgan fingerprint density at radius 1 is 1.22 bits per heavy atom. The lowest BCUT2D eigenvalue weighted by Gasteiger charge is -2.12. The van der Waals surface area contributed by atoms with Crippen LogP contribution in [0.4, 0.5) is 0 Å². The summed E-state index contributed by atoms with van der Waals surface area (Å²) in [6.45, 7) is 6.21. The molecule has 1 fully saturated rings. The molecule has 3 rings (SSSR count). The van der Waals surface area contributed by atoms with Crippen LogP contribution in [0.5, 0.6) is 5.88 Å². The Bertz CT molecular complexity index is 729. The van der Waals surface area contributed by atoms with Gasteiger partial charge in [0.05, 0.1) is 12.3 Å². The Morgan fingerprint density at radius 2 is 2.04 bits per heavy atom. The van der Waals surface area contributed by atoms with Gasteiger partial charge in [0, 0.05) is 44.4 Å². The molecular weight excluding hydrogens is 342 g/mol. The highest BCUT2D eigenvalue weighted by Gasteiger charge is 2.22. The van der Waals surface area contributed by atoms with E-state index in [0.717, 1.165) is 53.9 Å². The normalized spacial score (nSPS) is 14.3. The number of aromatic nitrogens is 2. The van der Waals surface area contributed by atoms with Gasteiger partial charge in [-0.3, -0.25) is 4.99 Å². The maximum Gasteiger partial charge on any atom is 0.213 e. The molecule has 2 N–H and O–H groups in total. The summed E-state index contributed by atoms with van der Waals surface area (Å²) >= 11 is 0. The van der Waals surface area contributed by atoms with Crippen LogP contribution >= 0.6 is 0 Å². The number of ether oxygens (including phenoxy) is 1. The van der Waals surface area contributed by atoms with E-state index in [1.54, 1.807) is 7.05 Å². The van der Waals surface area contributed by atoms with Crippen LogP contribution in [0.2, 0.25) is 0 Å². The lowest BCUT2D eigenvalue weighted by atomic mass is 10.1. The Morgan fingerprint density at radius 3 is 2.67 bits per heavy atom. The summed E-state index contributed by atoms with van der Waals surface area (Å²) in [5.74, 6) is 3.09. The summed E-state index contributed by atoms with van der Waals surface area (Å²) < 4.78 is 11.1. The average molecular weight is 371 g/mol. The first-order valence-corrected chi connectivity index (χ1v) is 9.72. The summed E-state index contributed by atoms with van der Waals surface area (Å²) in [7, 11) is 1.76. The average Bonchev–Trinajstić information content (AvgIpc) is 3.45. The summed E-state index contributed by atoms with van der Waals surface area (Å²) in [5.41, 5.74) is 3.20. The number of aryl methyl sites for hydroxylation is 2. The Hall–Kier alpha value is -2.57. The van der Waals surface area contributed by atoms with Gasteiger partial charge < -0.3 is 19.9 Å². The van der Waals surface area contributed by atoms with Gasteiger partial charge in [-0.25, -0.2) is 4.98 Å². The first kappa shape index (κ1) is 19.2. The SMILES string of the molecule is CCc1noc(CC)c1CNC(=NC)NCc1ccc(OCC2CC2)nc1. The minimum Gasteiger partial charge on any atom is -0.477 e. The van der Waals surface area contributed by atoms with Crippen molar-refractivity contribution < 1.29 is 9.26 Å². The zero-order valence-corrected chi connectivity index (χ0v) is 16.4. The van der Waals surface area contributed by atoms with Crippen LogP contribution in [0.1, 0.15) is 49.3 Å². The van der Waals surface area contributed by atoms with Crippen molar-refractivity contribution in [3.8, 4) is 5.88 Å². The first-order chi connectivity index (χ1) is 13.2. The molecule has 0 amide bonds. The van der Waals surface area contributed by atoms with Gasteiger partial charge in [0.25, 0.3) is 0 Å². The smallest absolute Gasteiger partial charge is 0.213 e. The molecule has 27 heavy (non-hydrogen) atoms. The molecule has 2 heterocycles. The molecule has 1 aliphatic carbocycles. The number of nitrogens with one attached hydrogen (secondary N) is 2. The van der Waals surface area contributed by atoms with Gasteiger partial charge in [-0.2, -0.15) is 0 Å². The molecule has 0 aliphatic heterocycles. The highest BCUT2D eigenvalue weighted by atomic mass is 16.5. The van der Waals surface area contributed by atoms with E-state index in [0.29, 0.717) is 19.0 Å². The number of hydrogen-bond acceptors (Lipinski definition) is 5. The second-order valence-corrected chi connectivity index (χ2v) is 6.78. The van der Waals surface area contributed by atoms with Gasteiger partial charge in [-0.15, -0.1) is 0 Å². The summed E-state index contributed by atoms with van der Waals surface area (Å²) in [5, 5.41) is 10.8. The number of hydrogen-bond donors (Lipinski definition) is 2. The van der Waals surface area contributed by atoms with E-state index < -0.39 is 0 Å². The molecule has 0 atom stereocenters. The number of guanidine groups is 1. The van der Waals surface area contributed by atoms with E-state index in [9.17, 15) is 0 Å². The van der Waals surface area contributed by atoms with Crippen LogP contribution in [0, 0.1) is 5.92 Å². The van der Waals surface area contributed by atoms with Crippen molar-refractivity contribution >= 4 is 5.96 Å². The van der Waals surface area contributed by atoms with Crippen molar-refractivity contribution in [3.05, 3.63) is 40.9 Å². The summed E-state index contributed by atoms with van der Waals surface area (Å²) in [6, 6.07) is 3.95. The van der Waals surface area contributed by atoms with Gasteiger partial charge in [0.1, 0.15) is 5.76 Å². The van der Waals surface area contributed by atoms with Gasteiger partial charge in [0.2, 0.25) is 5.88 Å². The maximum absolute atomic E-state index is 5.67. The molecular formula is C20H29N5O2. The van der Waals surface area contributed by atoms with E-state index in [4.69, 9.17) is 9.26 Å². The highest BCUT2D eigenvalue weighted by Crippen LogP contribution is 2.29. The standard InChI is InChI=1S/C20H29N5O2/c1-4-17-16(18(5-2)27-25-17)12-24-20(21-3)23-11-15-8-9-19(22-10-15)26-13-14-6-7-14/h8-10,14H,4-7,11-13H2,1-3H3,(H2,21,23,24). The molecule has 1 aliphatic rings. The molecule has 0 radical (unpaired) electrons. The molecule has 7 heteroatoms. The zero-order chi connectivity index (χ0) is 19.1. The first-order valence-electron chi connectivity index (χ1n) is 9.72. The molecule has 0 saturated heterocycles. The molecule has 2 aromatic heterocycles. The monoisotopic (exact) mass is 371 g/mol. The number of nitrogens with zero attached hydrogens (tertiary/aromatic N) is 3. The van der Waals surface area contributed by atoms with Crippen LogP contribution in [0.25, 0.3) is 0 Å². The Labute approximate surface area is 160 Å². The van der Waals surface area contributed by atoms with E-state index in [1.165, 1.54) is 12.8 Å². The quantitative estimate of drug-likeness (QED) is 0.521. The molecule has 1 saturated carbocycles. The molecule has 0 unspecified atom stereocenters. The zero-order valence-electron chi connectivity index (χ0n) is 16.4. The fourth-order valence-corrected chi connectivity index (χ4v) is 2.80. The molecule has 0 bridgehead atoms. The minimum atomic E-state index is 0.639. The van der Waals surface area contributed by atoms with Crippen LogP contribution in [-0.2, 0) is 25.9 Å². The number of aliphatic imine (C=N–C) groups is 1. The van der Waals surface area contributed by atoms with Crippen molar-refractivity contribution in [1.82, 2.24) is 20.8 Å². The van der Waals surface area contributed by atoms with Crippen molar-refractivity contribution in [1.29, 1.82) is 0 Å². The number of pyridine rings is 1. The van der Waals surface area contributed by atoms with E-state index in [2.05, 4.69) is 39.6 Å². The third-order valence-electron chi connectivity index (χ3n) is 4.68. The fraction of sp³-hybridized carbons (Fsp3) is 0.550. The van der Waals surface area contributed by atoms with Gasteiger partial charge in [-0.05, 0) is 30.7 Å². The highest BCUT2D eigenvalue weighted by molar-refractivity contribution is 5.79. The van der Waals surface area contributed by atoms with Gasteiger partial charge in [0.15, 0.2) is 5.96 Å². The van der Waals surface area contributed by atoms with Crippen LogP contribution in [0.15, 0.2) is 27.8 Å². The van der Waals surface area contributed by atoms with E-state index in [1.807, 2.05) is 18.3 Å². The Kier molecular flexibility index (Phi) is 6.68. The summed E-state index contributed by atoms with van der Waals surface area (Å²) in [6.07, 6.45) is 6.09. The maximum atomic E-state index is 5.67. The topological polar surface area (TPSA) is 84.6 Å². The molecule has 0 aromatic carbocycles. The predicted molar refractivity (Wildman–Crippen MR) is 105 cm³/mol. The van der Waals surface area contributed by atoms with Gasteiger partial charge in [-0.1, -0.05) is 25.1 Å². The number of rotatable bonds is 9. The lowest BCUT2D eigenvalue weighted by molar-refractivity contribution is 0.288. The minimum absolute atomic E-state index is 0.639. The van der Waals surface area contributed by atoms with Crippen LogP contribution < -0.4 is 15.4 Å². The van der Waals surface area contributed by atoms with Crippen LogP contribution in [-0.4, -0.2) is 29.8 Å². The van der Waals surface area contributed by atoms with Crippen molar-refractivity contribution in [2.24, 2.45) is 10.9 Å². The van der Waals surface area contributed by atoms with Crippen molar-refractivity contribution in [2.45, 2.75) is 52.6 Å². The third kappa shape index (κ3) is 5.45. The second kappa shape index (κ2) is 9.39. The van der Waals surface area contributed by atoms with Gasteiger partial charge >= 0.3 is 0 Å². The molecule has 146 valence electrons. The Balaban J connectivity index is 1.48. The largest absolute Gasteiger partial charge is 0.477 e. The molecule has 2 aromatic rings. The lowest BCUT2D eigenvalue weighted by Crippen LogP contribution is -2.36. The van der Waals surface area contributed by atoms with Crippen molar-refractivity contribution in [3.63, 3.8) is 0 Å². The second-order valence-electron chi connectivity index (χ2n) is 6.78. The van der Waals surface area contributed by atoms with Crippen LogP contribution in [0.3, 0.4) is 0 Å². The fourth-order valence-electron chi connectivity index (χ4n) is 2.80.